The molecule has 0 amide bonds. The summed E-state index contributed by atoms with van der Waals surface area (Å²) in [4.78, 5) is 0.138. The Morgan fingerprint density at radius 3 is 2.56 bits per heavy atom. The van der Waals surface area contributed by atoms with Crippen molar-refractivity contribution < 1.29 is 13.5 Å². The summed E-state index contributed by atoms with van der Waals surface area (Å²) in [5, 5.41) is 9.74. The highest BCUT2D eigenvalue weighted by atomic mass is 79.9. The van der Waals surface area contributed by atoms with Crippen LogP contribution in [0.3, 0.4) is 0 Å². The van der Waals surface area contributed by atoms with Crippen LogP contribution in [0.4, 0.5) is 0 Å². The van der Waals surface area contributed by atoms with Crippen molar-refractivity contribution in [2.24, 2.45) is 0 Å². The molecule has 0 aromatic heterocycles. The Bertz CT molecular complexity index is 552. The fourth-order valence-electron chi connectivity index (χ4n) is 1.88. The molecule has 0 heterocycles. The average Bonchev–Trinajstić information content (AvgIpc) is 2.27. The minimum atomic E-state index is -3.63. The molecule has 1 aliphatic carbocycles. The Labute approximate surface area is 120 Å². The summed E-state index contributed by atoms with van der Waals surface area (Å²) in [6.45, 7) is -0.180. The van der Waals surface area contributed by atoms with Crippen LogP contribution in [0.1, 0.15) is 19.3 Å². The molecule has 1 saturated carbocycles. The van der Waals surface area contributed by atoms with Crippen molar-refractivity contribution in [3.63, 3.8) is 0 Å². The minimum Gasteiger partial charge on any atom is -0.394 e. The van der Waals surface area contributed by atoms with E-state index in [9.17, 15) is 13.5 Å². The van der Waals surface area contributed by atoms with E-state index in [1.165, 1.54) is 18.2 Å². The zero-order chi connectivity index (χ0) is 13.4. The van der Waals surface area contributed by atoms with Gasteiger partial charge in [0.25, 0.3) is 0 Å². The zero-order valence-corrected chi connectivity index (χ0v) is 12.6. The molecule has 0 atom stereocenters. The summed E-state index contributed by atoms with van der Waals surface area (Å²) >= 11 is 9.02. The second-order valence-corrected chi connectivity index (χ2v) is 7.42. The Morgan fingerprint density at radius 1 is 1.44 bits per heavy atom. The van der Waals surface area contributed by atoms with Gasteiger partial charge in [-0.05, 0) is 53.4 Å². The van der Waals surface area contributed by atoms with Gasteiger partial charge in [-0.3, -0.25) is 0 Å². The number of hydrogen-bond acceptors (Lipinski definition) is 3. The van der Waals surface area contributed by atoms with Gasteiger partial charge in [-0.2, -0.15) is 0 Å². The van der Waals surface area contributed by atoms with Crippen molar-refractivity contribution in [1.82, 2.24) is 4.72 Å². The number of nitrogens with one attached hydrogen (secondary N) is 1. The maximum absolute atomic E-state index is 12.2. The van der Waals surface area contributed by atoms with Crippen LogP contribution in [0.2, 0.25) is 5.02 Å². The molecule has 100 valence electrons. The molecule has 0 saturated heterocycles. The van der Waals surface area contributed by atoms with Crippen molar-refractivity contribution in [2.45, 2.75) is 29.7 Å². The van der Waals surface area contributed by atoms with Gasteiger partial charge in [0.2, 0.25) is 10.0 Å². The molecule has 2 N–H and O–H groups in total. The lowest BCUT2D eigenvalue weighted by atomic mass is 9.78. The molecule has 1 aromatic rings. The molecule has 0 radical (unpaired) electrons. The van der Waals surface area contributed by atoms with Gasteiger partial charge in [0.1, 0.15) is 0 Å². The van der Waals surface area contributed by atoms with Crippen molar-refractivity contribution in [2.75, 3.05) is 6.61 Å². The average molecular weight is 355 g/mol. The Morgan fingerprint density at radius 2 is 2.11 bits per heavy atom. The topological polar surface area (TPSA) is 66.4 Å². The summed E-state index contributed by atoms with van der Waals surface area (Å²) < 4.78 is 27.5. The van der Waals surface area contributed by atoms with Crippen LogP contribution in [-0.2, 0) is 10.0 Å². The van der Waals surface area contributed by atoms with E-state index in [1.54, 1.807) is 0 Å². The monoisotopic (exact) mass is 353 g/mol. The van der Waals surface area contributed by atoms with Crippen LogP contribution >= 0.6 is 27.5 Å². The summed E-state index contributed by atoms with van der Waals surface area (Å²) in [7, 11) is -3.63. The van der Waals surface area contributed by atoms with E-state index < -0.39 is 15.6 Å². The number of aliphatic hydroxyl groups excluding tert-OH is 1. The Balaban J connectivity index is 2.28. The van der Waals surface area contributed by atoms with Crippen molar-refractivity contribution in [3.05, 3.63) is 27.7 Å². The van der Waals surface area contributed by atoms with Crippen LogP contribution < -0.4 is 4.72 Å². The molecule has 0 unspecified atom stereocenters. The Kier molecular flexibility index (Phi) is 4.04. The van der Waals surface area contributed by atoms with Crippen LogP contribution in [0.5, 0.6) is 0 Å². The van der Waals surface area contributed by atoms with Crippen LogP contribution in [0.25, 0.3) is 0 Å². The van der Waals surface area contributed by atoms with Gasteiger partial charge in [-0.1, -0.05) is 11.6 Å². The minimum absolute atomic E-state index is 0.138. The quantitative estimate of drug-likeness (QED) is 0.872. The summed E-state index contributed by atoms with van der Waals surface area (Å²) in [6, 6.07) is 4.42. The van der Waals surface area contributed by atoms with Crippen LogP contribution in [-0.4, -0.2) is 25.7 Å². The number of rotatable bonds is 4. The first kappa shape index (κ1) is 14.3. The first-order valence-electron chi connectivity index (χ1n) is 5.48. The van der Waals surface area contributed by atoms with E-state index in [0.29, 0.717) is 22.3 Å². The third-order valence-corrected chi connectivity index (χ3v) is 5.96. The molecule has 0 spiro atoms. The predicted octanol–water partition coefficient (Wildman–Crippen LogP) is 2.30. The van der Waals surface area contributed by atoms with E-state index in [0.717, 1.165) is 6.42 Å². The van der Waals surface area contributed by atoms with Crippen molar-refractivity contribution in [3.8, 4) is 0 Å². The molecular weight excluding hydrogens is 342 g/mol. The van der Waals surface area contributed by atoms with E-state index >= 15 is 0 Å². The summed E-state index contributed by atoms with van der Waals surface area (Å²) in [5.74, 6) is 0. The standard InChI is InChI=1S/C11H13BrClNO3S/c12-9-6-8(2-3-10(9)13)18(16,17)14-11(7-15)4-1-5-11/h2-3,6,14-15H,1,4-5,7H2. The second-order valence-electron chi connectivity index (χ2n) is 4.47. The fraction of sp³-hybridized carbons (Fsp3) is 0.455. The van der Waals surface area contributed by atoms with Crippen LogP contribution in [0, 0.1) is 0 Å². The van der Waals surface area contributed by atoms with Gasteiger partial charge in [-0.25, -0.2) is 13.1 Å². The first-order valence-corrected chi connectivity index (χ1v) is 8.14. The highest BCUT2D eigenvalue weighted by Gasteiger charge is 2.40. The molecule has 7 heteroatoms. The molecule has 18 heavy (non-hydrogen) atoms. The maximum atomic E-state index is 12.2. The van der Waals surface area contributed by atoms with Gasteiger partial charge in [0, 0.05) is 4.47 Å². The predicted molar refractivity (Wildman–Crippen MR) is 73.1 cm³/mol. The van der Waals surface area contributed by atoms with Crippen LogP contribution in [0.15, 0.2) is 27.6 Å². The summed E-state index contributed by atoms with van der Waals surface area (Å²) in [6.07, 6.45) is 2.25. The number of hydrogen-bond donors (Lipinski definition) is 2. The molecule has 4 nitrogen and oxygen atoms in total. The first-order chi connectivity index (χ1) is 8.38. The Hall–Kier alpha value is -0.140. The number of benzene rings is 1. The van der Waals surface area contributed by atoms with E-state index in [-0.39, 0.29) is 11.5 Å². The van der Waals surface area contributed by atoms with E-state index in [2.05, 4.69) is 20.7 Å². The normalized spacial score (nSPS) is 18.4. The number of halogens is 2. The lowest BCUT2D eigenvalue weighted by molar-refractivity contribution is 0.110. The third-order valence-electron chi connectivity index (χ3n) is 3.17. The van der Waals surface area contributed by atoms with Gasteiger partial charge < -0.3 is 5.11 Å². The fourth-order valence-corrected chi connectivity index (χ4v) is 4.01. The molecule has 0 bridgehead atoms. The lowest BCUT2D eigenvalue weighted by Gasteiger charge is -2.40. The van der Waals surface area contributed by atoms with Gasteiger partial charge in [0.15, 0.2) is 0 Å². The number of sulfonamides is 1. The molecule has 2 rings (SSSR count). The second kappa shape index (κ2) is 5.09. The molecule has 1 aliphatic rings. The smallest absolute Gasteiger partial charge is 0.241 e. The number of aliphatic hydroxyl groups is 1. The van der Waals surface area contributed by atoms with E-state index in [1.807, 2.05) is 0 Å². The summed E-state index contributed by atoms with van der Waals surface area (Å²) in [5.41, 5.74) is -0.690. The SMILES string of the molecule is O=S(=O)(NC1(CO)CCC1)c1ccc(Cl)c(Br)c1. The van der Waals surface area contributed by atoms with Crippen molar-refractivity contribution in [1.29, 1.82) is 0 Å². The maximum Gasteiger partial charge on any atom is 0.241 e. The lowest BCUT2D eigenvalue weighted by Crippen LogP contribution is -2.55. The molecule has 1 fully saturated rings. The van der Waals surface area contributed by atoms with Gasteiger partial charge in [-0.15, -0.1) is 0 Å². The third kappa shape index (κ3) is 2.72. The zero-order valence-electron chi connectivity index (χ0n) is 9.49. The van der Waals surface area contributed by atoms with E-state index in [4.69, 9.17) is 11.6 Å². The van der Waals surface area contributed by atoms with Gasteiger partial charge in [0.05, 0.1) is 22.1 Å². The van der Waals surface area contributed by atoms with Crippen molar-refractivity contribution >= 4 is 37.6 Å². The highest BCUT2D eigenvalue weighted by molar-refractivity contribution is 9.10. The molecule has 1 aromatic carbocycles. The largest absolute Gasteiger partial charge is 0.394 e. The van der Waals surface area contributed by atoms with Gasteiger partial charge >= 0.3 is 0 Å². The molecule has 0 aliphatic heterocycles. The molecular formula is C11H13BrClNO3S. The highest BCUT2D eigenvalue weighted by Crippen LogP contribution is 2.33.